The van der Waals surface area contributed by atoms with Gasteiger partial charge in [-0.05, 0) is 0 Å². The van der Waals surface area contributed by atoms with Crippen molar-refractivity contribution in [3.63, 3.8) is 0 Å². The molecule has 0 radical (unpaired) electrons. The lowest BCUT2D eigenvalue weighted by molar-refractivity contribution is -0.129. The molecule has 5 N–H and O–H groups in total. The number of aliphatic hydroxyl groups is 1. The van der Waals surface area contributed by atoms with E-state index in [9.17, 15) is 14.4 Å². The lowest BCUT2D eigenvalue weighted by Crippen LogP contribution is -2.42. The predicted octanol–water partition coefficient (Wildman–Crippen LogP) is -2.92. The van der Waals surface area contributed by atoms with Crippen LogP contribution < -0.4 is 16.4 Å². The van der Waals surface area contributed by atoms with Crippen LogP contribution in [0.4, 0.5) is 0 Å². The smallest absolute Gasteiger partial charge is 0.248 e. The van der Waals surface area contributed by atoms with Crippen LogP contribution in [0.1, 0.15) is 6.42 Å². The highest BCUT2D eigenvalue weighted by molar-refractivity contribution is 5.89. The van der Waals surface area contributed by atoms with Crippen molar-refractivity contribution in [2.75, 3.05) is 13.1 Å². The van der Waals surface area contributed by atoms with Gasteiger partial charge in [0.2, 0.25) is 17.7 Å². The number of rotatable bonds is 4. The molecular weight excluding hydrogens is 202 g/mol. The van der Waals surface area contributed by atoms with Crippen molar-refractivity contribution < 1.29 is 19.5 Å². The third-order valence-electron chi connectivity index (χ3n) is 2.15. The molecule has 7 heteroatoms. The molecule has 3 amide bonds. The van der Waals surface area contributed by atoms with Gasteiger partial charge in [-0.15, -0.1) is 0 Å². The maximum absolute atomic E-state index is 11.4. The van der Waals surface area contributed by atoms with E-state index in [4.69, 9.17) is 10.8 Å². The van der Waals surface area contributed by atoms with E-state index in [1.807, 2.05) is 0 Å². The van der Waals surface area contributed by atoms with Crippen LogP contribution >= 0.6 is 0 Å². The van der Waals surface area contributed by atoms with Crippen LogP contribution in [0.5, 0.6) is 0 Å². The first-order chi connectivity index (χ1) is 7.00. The van der Waals surface area contributed by atoms with Gasteiger partial charge in [0.25, 0.3) is 0 Å². The first-order valence-electron chi connectivity index (χ1n) is 4.52. The van der Waals surface area contributed by atoms with Gasteiger partial charge in [0.15, 0.2) is 0 Å². The Hall–Kier alpha value is -1.63. The molecular formula is C8H13N3O4. The van der Waals surface area contributed by atoms with Gasteiger partial charge in [0, 0.05) is 13.0 Å². The fourth-order valence-electron chi connectivity index (χ4n) is 1.23. The Balaban J connectivity index is 2.30. The molecule has 1 aliphatic rings. The summed E-state index contributed by atoms with van der Waals surface area (Å²) >= 11 is 0. The van der Waals surface area contributed by atoms with Crippen molar-refractivity contribution >= 4 is 17.7 Å². The van der Waals surface area contributed by atoms with Crippen molar-refractivity contribution in [3.8, 4) is 0 Å². The zero-order valence-corrected chi connectivity index (χ0v) is 8.03. The van der Waals surface area contributed by atoms with Crippen LogP contribution in [0, 0.1) is 5.92 Å². The molecule has 1 aliphatic heterocycles. The monoisotopic (exact) mass is 215 g/mol. The summed E-state index contributed by atoms with van der Waals surface area (Å²) in [6.45, 7) is 0.0657. The van der Waals surface area contributed by atoms with E-state index in [0.29, 0.717) is 0 Å². The number of hydrogen-bond donors (Lipinski definition) is 4. The van der Waals surface area contributed by atoms with E-state index in [1.165, 1.54) is 0 Å². The summed E-state index contributed by atoms with van der Waals surface area (Å²) in [6, 6.07) is 0. The van der Waals surface area contributed by atoms with Crippen LogP contribution in [0.15, 0.2) is 0 Å². The minimum absolute atomic E-state index is 0.137. The van der Waals surface area contributed by atoms with Crippen LogP contribution in [0.3, 0.4) is 0 Å². The molecule has 7 nitrogen and oxygen atoms in total. The quantitative estimate of drug-likeness (QED) is 0.401. The number of nitrogens with one attached hydrogen (secondary N) is 2. The van der Waals surface area contributed by atoms with Gasteiger partial charge in [-0.1, -0.05) is 0 Å². The second kappa shape index (κ2) is 4.74. The number of carbonyl (C=O) groups excluding carboxylic acids is 3. The average molecular weight is 215 g/mol. The van der Waals surface area contributed by atoms with Gasteiger partial charge < -0.3 is 21.5 Å². The molecule has 0 aromatic carbocycles. The maximum Gasteiger partial charge on any atom is 0.248 e. The Kier molecular flexibility index (Phi) is 3.62. The first kappa shape index (κ1) is 11.4. The maximum atomic E-state index is 11.4. The van der Waals surface area contributed by atoms with Gasteiger partial charge >= 0.3 is 0 Å². The SMILES string of the molecule is NC(=O)C(O)CNC(=O)C1CNC(=O)C1. The van der Waals surface area contributed by atoms with Crippen molar-refractivity contribution in [2.24, 2.45) is 11.7 Å². The third-order valence-corrected chi connectivity index (χ3v) is 2.15. The van der Waals surface area contributed by atoms with Crippen molar-refractivity contribution in [1.82, 2.24) is 10.6 Å². The summed E-state index contributed by atoms with van der Waals surface area (Å²) in [5.41, 5.74) is 4.79. The molecule has 15 heavy (non-hydrogen) atoms. The van der Waals surface area contributed by atoms with Crippen LogP contribution in [-0.4, -0.2) is 42.0 Å². The molecule has 2 atom stereocenters. The molecule has 1 fully saturated rings. The Morgan fingerprint density at radius 2 is 2.33 bits per heavy atom. The molecule has 1 rings (SSSR count). The molecule has 0 spiro atoms. The molecule has 2 unspecified atom stereocenters. The van der Waals surface area contributed by atoms with Crippen molar-refractivity contribution in [3.05, 3.63) is 0 Å². The summed E-state index contributed by atoms with van der Waals surface area (Å²) < 4.78 is 0. The normalized spacial score (nSPS) is 21.9. The number of carbonyl (C=O) groups is 3. The van der Waals surface area contributed by atoms with Crippen LogP contribution in [0.25, 0.3) is 0 Å². The van der Waals surface area contributed by atoms with Gasteiger partial charge in [-0.3, -0.25) is 14.4 Å². The van der Waals surface area contributed by atoms with E-state index in [2.05, 4.69) is 10.6 Å². The zero-order chi connectivity index (χ0) is 11.4. The summed E-state index contributed by atoms with van der Waals surface area (Å²) in [6.07, 6.45) is -1.25. The van der Waals surface area contributed by atoms with Gasteiger partial charge in [-0.25, -0.2) is 0 Å². The Labute approximate surface area is 86.0 Å². The lowest BCUT2D eigenvalue weighted by atomic mass is 10.1. The molecule has 0 aliphatic carbocycles. The van der Waals surface area contributed by atoms with Gasteiger partial charge in [-0.2, -0.15) is 0 Å². The highest BCUT2D eigenvalue weighted by Crippen LogP contribution is 2.08. The Bertz CT molecular complexity index is 292. The number of amides is 3. The number of aliphatic hydroxyl groups excluding tert-OH is 1. The second-order valence-corrected chi connectivity index (χ2v) is 3.37. The summed E-state index contributed by atoms with van der Waals surface area (Å²) in [5.74, 6) is -1.87. The van der Waals surface area contributed by atoms with E-state index in [-0.39, 0.29) is 31.3 Å². The molecule has 0 saturated carbocycles. The first-order valence-corrected chi connectivity index (χ1v) is 4.52. The van der Waals surface area contributed by atoms with E-state index in [1.54, 1.807) is 0 Å². The molecule has 0 aromatic heterocycles. The third kappa shape index (κ3) is 3.21. The molecule has 1 saturated heterocycles. The minimum Gasteiger partial charge on any atom is -0.381 e. The van der Waals surface area contributed by atoms with E-state index < -0.39 is 17.9 Å². The summed E-state index contributed by atoms with van der Waals surface area (Å²) in [7, 11) is 0. The van der Waals surface area contributed by atoms with Crippen LogP contribution in [-0.2, 0) is 14.4 Å². The molecule has 84 valence electrons. The topological polar surface area (TPSA) is 122 Å². The molecule has 1 heterocycles. The van der Waals surface area contributed by atoms with Crippen LogP contribution in [0.2, 0.25) is 0 Å². The number of primary amides is 1. The number of nitrogens with two attached hydrogens (primary N) is 1. The fraction of sp³-hybridized carbons (Fsp3) is 0.625. The van der Waals surface area contributed by atoms with E-state index in [0.717, 1.165) is 0 Å². The highest BCUT2D eigenvalue weighted by Gasteiger charge is 2.28. The van der Waals surface area contributed by atoms with Crippen molar-refractivity contribution in [1.29, 1.82) is 0 Å². The fourth-order valence-corrected chi connectivity index (χ4v) is 1.23. The Morgan fingerprint density at radius 1 is 1.67 bits per heavy atom. The minimum atomic E-state index is -1.39. The van der Waals surface area contributed by atoms with Gasteiger partial charge in [0.05, 0.1) is 12.5 Å². The predicted molar refractivity (Wildman–Crippen MR) is 49.3 cm³/mol. The summed E-state index contributed by atoms with van der Waals surface area (Å²) in [4.78, 5) is 32.6. The Morgan fingerprint density at radius 3 is 2.80 bits per heavy atom. The standard InChI is InChI=1S/C8H13N3O4/c9-7(14)5(12)3-11-8(15)4-1-6(13)10-2-4/h4-5,12H,1-3H2,(H2,9,14)(H,10,13)(H,11,15). The molecule has 0 aromatic rings. The highest BCUT2D eigenvalue weighted by atomic mass is 16.3. The largest absolute Gasteiger partial charge is 0.381 e. The van der Waals surface area contributed by atoms with Crippen molar-refractivity contribution in [2.45, 2.75) is 12.5 Å². The van der Waals surface area contributed by atoms with E-state index >= 15 is 0 Å². The average Bonchev–Trinajstić information content (AvgIpc) is 2.60. The van der Waals surface area contributed by atoms with Gasteiger partial charge in [0.1, 0.15) is 6.10 Å². The second-order valence-electron chi connectivity index (χ2n) is 3.37. The lowest BCUT2D eigenvalue weighted by Gasteiger charge is -2.11. The zero-order valence-electron chi connectivity index (χ0n) is 8.03. The summed E-state index contributed by atoms with van der Waals surface area (Å²) in [5, 5.41) is 13.8. The molecule has 0 bridgehead atoms. The number of hydrogen-bond acceptors (Lipinski definition) is 4.